The number of carbonyl (C=O) groups excluding carboxylic acids is 2. The third kappa shape index (κ3) is 5.31. The number of nitrogens with zero attached hydrogens (tertiary/aromatic N) is 4. The Morgan fingerprint density at radius 2 is 1.88 bits per heavy atom. The number of halogens is 1. The molecule has 1 saturated heterocycles. The highest BCUT2D eigenvalue weighted by molar-refractivity contribution is 9.10. The van der Waals surface area contributed by atoms with E-state index in [9.17, 15) is 18.0 Å². The standard InChI is InChI=1S/C22H25BrN4O5S/c1-5-12-32-22(29)19-15(3)24-16(4)25-20(19)21(28)26-10-11-27(14(2)13-26)33(30,31)18-8-6-17(23)7-9-18/h5-9,14H,1,10-13H2,2-4H3. The van der Waals surface area contributed by atoms with Crippen LogP contribution in [0, 0.1) is 13.8 Å². The van der Waals surface area contributed by atoms with Crippen molar-refractivity contribution in [1.29, 1.82) is 0 Å². The summed E-state index contributed by atoms with van der Waals surface area (Å²) >= 11 is 3.31. The van der Waals surface area contributed by atoms with E-state index in [-0.39, 0.29) is 42.4 Å². The molecule has 0 aliphatic carbocycles. The Morgan fingerprint density at radius 3 is 2.48 bits per heavy atom. The van der Waals surface area contributed by atoms with E-state index >= 15 is 0 Å². The van der Waals surface area contributed by atoms with Crippen LogP contribution in [0.2, 0.25) is 0 Å². The summed E-state index contributed by atoms with van der Waals surface area (Å²) in [5.41, 5.74) is 0.292. The van der Waals surface area contributed by atoms with Gasteiger partial charge in [-0.1, -0.05) is 28.6 Å². The molecule has 1 unspecified atom stereocenters. The Hall–Kier alpha value is -2.63. The molecule has 0 spiro atoms. The number of aromatic nitrogens is 2. The van der Waals surface area contributed by atoms with Crippen molar-refractivity contribution in [3.8, 4) is 0 Å². The van der Waals surface area contributed by atoms with Gasteiger partial charge in [-0.15, -0.1) is 0 Å². The number of hydrogen-bond acceptors (Lipinski definition) is 7. The molecule has 33 heavy (non-hydrogen) atoms. The lowest BCUT2D eigenvalue weighted by molar-refractivity contribution is 0.0529. The Morgan fingerprint density at radius 1 is 1.21 bits per heavy atom. The van der Waals surface area contributed by atoms with Crippen LogP contribution in [-0.4, -0.2) is 71.8 Å². The molecule has 1 fully saturated rings. The molecule has 0 bridgehead atoms. The topological polar surface area (TPSA) is 110 Å². The van der Waals surface area contributed by atoms with Gasteiger partial charge < -0.3 is 9.64 Å². The lowest BCUT2D eigenvalue weighted by Gasteiger charge is -2.39. The van der Waals surface area contributed by atoms with E-state index < -0.39 is 27.9 Å². The molecule has 3 rings (SSSR count). The number of benzene rings is 1. The van der Waals surface area contributed by atoms with Crippen LogP contribution in [0.15, 0.2) is 46.3 Å². The van der Waals surface area contributed by atoms with Crippen LogP contribution in [0.25, 0.3) is 0 Å². The maximum absolute atomic E-state index is 13.3. The molecule has 1 amide bonds. The highest BCUT2D eigenvalue weighted by atomic mass is 79.9. The van der Waals surface area contributed by atoms with Gasteiger partial charge in [0.2, 0.25) is 10.0 Å². The van der Waals surface area contributed by atoms with Crippen molar-refractivity contribution >= 4 is 37.8 Å². The smallest absolute Gasteiger partial charge is 0.342 e. The summed E-state index contributed by atoms with van der Waals surface area (Å²) in [7, 11) is -3.72. The van der Waals surface area contributed by atoms with Gasteiger partial charge in [0.1, 0.15) is 23.7 Å². The van der Waals surface area contributed by atoms with Crippen molar-refractivity contribution < 1.29 is 22.7 Å². The molecule has 176 valence electrons. The summed E-state index contributed by atoms with van der Waals surface area (Å²) in [5.74, 6) is -0.831. The minimum Gasteiger partial charge on any atom is -0.458 e. The molecule has 0 N–H and O–H groups in total. The first-order valence-electron chi connectivity index (χ1n) is 10.3. The van der Waals surface area contributed by atoms with E-state index in [1.54, 1.807) is 32.9 Å². The predicted octanol–water partition coefficient (Wildman–Crippen LogP) is 2.73. The van der Waals surface area contributed by atoms with Crippen LogP contribution in [0.3, 0.4) is 0 Å². The van der Waals surface area contributed by atoms with Crippen molar-refractivity contribution in [3.63, 3.8) is 0 Å². The number of piperazine rings is 1. The minimum atomic E-state index is -3.72. The maximum Gasteiger partial charge on any atom is 0.342 e. The monoisotopic (exact) mass is 536 g/mol. The van der Waals surface area contributed by atoms with Crippen molar-refractivity contribution in [1.82, 2.24) is 19.2 Å². The molecular weight excluding hydrogens is 512 g/mol. The number of carbonyl (C=O) groups is 2. The van der Waals surface area contributed by atoms with Crippen LogP contribution in [-0.2, 0) is 14.8 Å². The van der Waals surface area contributed by atoms with Crippen LogP contribution < -0.4 is 0 Å². The second-order valence-corrected chi connectivity index (χ2v) is 10.4. The molecular formula is C22H25BrN4O5S. The average molecular weight is 537 g/mol. The summed E-state index contributed by atoms with van der Waals surface area (Å²) in [4.78, 5) is 36.0. The van der Waals surface area contributed by atoms with E-state index in [0.717, 1.165) is 4.47 Å². The summed E-state index contributed by atoms with van der Waals surface area (Å²) in [5, 5.41) is 0. The largest absolute Gasteiger partial charge is 0.458 e. The highest BCUT2D eigenvalue weighted by Gasteiger charge is 2.37. The van der Waals surface area contributed by atoms with E-state index in [4.69, 9.17) is 4.74 Å². The van der Waals surface area contributed by atoms with Crippen LogP contribution in [0.5, 0.6) is 0 Å². The number of hydrogen-bond donors (Lipinski definition) is 0. The number of sulfonamides is 1. The van der Waals surface area contributed by atoms with Crippen LogP contribution in [0.1, 0.15) is 39.3 Å². The third-order valence-corrected chi connectivity index (χ3v) is 7.77. The Labute approximate surface area is 201 Å². The fraction of sp³-hybridized carbons (Fsp3) is 0.364. The van der Waals surface area contributed by atoms with Gasteiger partial charge in [-0.25, -0.2) is 23.2 Å². The zero-order chi connectivity index (χ0) is 24.3. The Bertz CT molecular complexity index is 1180. The molecule has 11 heteroatoms. The molecule has 1 aromatic heterocycles. The minimum absolute atomic E-state index is 0.00465. The van der Waals surface area contributed by atoms with Gasteiger partial charge in [-0.2, -0.15) is 4.31 Å². The molecule has 0 saturated carbocycles. The van der Waals surface area contributed by atoms with Gasteiger partial charge in [0.15, 0.2) is 0 Å². The van der Waals surface area contributed by atoms with Gasteiger partial charge in [-0.05, 0) is 45.0 Å². The zero-order valence-corrected chi connectivity index (χ0v) is 21.0. The highest BCUT2D eigenvalue weighted by Crippen LogP contribution is 2.24. The Balaban J connectivity index is 1.85. The van der Waals surface area contributed by atoms with E-state index in [1.807, 2.05) is 0 Å². The molecule has 1 aromatic carbocycles. The number of ether oxygens (including phenoxy) is 1. The third-order valence-electron chi connectivity index (χ3n) is 5.21. The zero-order valence-electron chi connectivity index (χ0n) is 18.6. The van der Waals surface area contributed by atoms with Crippen molar-refractivity contribution in [2.24, 2.45) is 0 Å². The first-order valence-corrected chi connectivity index (χ1v) is 12.5. The van der Waals surface area contributed by atoms with Crippen LogP contribution in [0.4, 0.5) is 0 Å². The van der Waals surface area contributed by atoms with E-state index in [2.05, 4.69) is 32.5 Å². The summed E-state index contributed by atoms with van der Waals surface area (Å²) in [6, 6.07) is 5.94. The van der Waals surface area contributed by atoms with Gasteiger partial charge in [-0.3, -0.25) is 4.79 Å². The van der Waals surface area contributed by atoms with Crippen LogP contribution >= 0.6 is 15.9 Å². The maximum atomic E-state index is 13.3. The van der Waals surface area contributed by atoms with E-state index in [0.29, 0.717) is 11.5 Å². The van der Waals surface area contributed by atoms with E-state index in [1.165, 1.54) is 27.4 Å². The molecule has 2 aromatic rings. The summed E-state index contributed by atoms with van der Waals surface area (Å²) in [6.45, 7) is 8.91. The summed E-state index contributed by atoms with van der Waals surface area (Å²) in [6.07, 6.45) is 1.43. The van der Waals surface area contributed by atoms with Crippen molar-refractivity contribution in [2.75, 3.05) is 26.2 Å². The van der Waals surface area contributed by atoms with Gasteiger partial charge in [0.25, 0.3) is 5.91 Å². The second kappa shape index (κ2) is 10.1. The molecule has 1 atom stereocenters. The average Bonchev–Trinajstić information content (AvgIpc) is 2.76. The second-order valence-electron chi connectivity index (χ2n) is 7.64. The van der Waals surface area contributed by atoms with Crippen molar-refractivity contribution in [3.05, 3.63) is 64.2 Å². The lowest BCUT2D eigenvalue weighted by atomic mass is 10.1. The SMILES string of the molecule is C=CCOC(=O)c1c(C)nc(C)nc1C(=O)N1CCN(S(=O)(=O)c2ccc(Br)cc2)C(C)C1. The first kappa shape index (κ1) is 25.0. The Kier molecular flexibility index (Phi) is 7.65. The number of aryl methyl sites for hydroxylation is 2. The van der Waals surface area contributed by atoms with Gasteiger partial charge >= 0.3 is 5.97 Å². The molecule has 2 heterocycles. The fourth-order valence-electron chi connectivity index (χ4n) is 3.69. The van der Waals surface area contributed by atoms with Crippen molar-refractivity contribution in [2.45, 2.75) is 31.7 Å². The normalized spacial score (nSPS) is 17.0. The molecule has 1 aliphatic rings. The number of esters is 1. The van der Waals surface area contributed by atoms with Gasteiger partial charge in [0.05, 0.1) is 10.6 Å². The van der Waals surface area contributed by atoms with Gasteiger partial charge in [0, 0.05) is 30.1 Å². The lowest BCUT2D eigenvalue weighted by Crippen LogP contribution is -2.55. The number of amides is 1. The molecule has 1 aliphatic heterocycles. The number of rotatable bonds is 6. The molecule has 9 nitrogen and oxygen atoms in total. The fourth-order valence-corrected chi connectivity index (χ4v) is 5.57. The summed E-state index contributed by atoms with van der Waals surface area (Å²) < 4.78 is 33.5. The molecule has 0 radical (unpaired) electrons. The first-order chi connectivity index (χ1) is 15.6. The predicted molar refractivity (Wildman–Crippen MR) is 125 cm³/mol. The quantitative estimate of drug-likeness (QED) is 0.412.